The molecule has 1 aliphatic rings. The van der Waals surface area contributed by atoms with E-state index in [1.165, 1.54) is 18.4 Å². The molecular weight excluding hydrogens is 376 g/mol. The fourth-order valence-electron chi connectivity index (χ4n) is 3.62. The largest absolute Gasteiger partial charge is 0.490 e. The van der Waals surface area contributed by atoms with E-state index in [1.807, 2.05) is 19.1 Å². The molecule has 6 nitrogen and oxygen atoms in total. The summed E-state index contributed by atoms with van der Waals surface area (Å²) in [5, 5.41) is 6.67. The Hall–Kier alpha value is -3.02. The topological polar surface area (TPSA) is 88.7 Å². The lowest BCUT2D eigenvalue weighted by atomic mass is 10.1. The van der Waals surface area contributed by atoms with Gasteiger partial charge in [0.25, 0.3) is 0 Å². The molecule has 0 radical (unpaired) electrons. The van der Waals surface area contributed by atoms with Crippen LogP contribution in [0.1, 0.15) is 59.7 Å². The van der Waals surface area contributed by atoms with E-state index in [4.69, 9.17) is 10.5 Å². The summed E-state index contributed by atoms with van der Waals surface area (Å²) >= 11 is 0. The number of carbonyl (C=O) groups excluding carboxylic acids is 1. The van der Waals surface area contributed by atoms with Crippen LogP contribution in [-0.4, -0.2) is 24.5 Å². The lowest BCUT2D eigenvalue weighted by molar-refractivity contribution is 0.1000. The summed E-state index contributed by atoms with van der Waals surface area (Å²) in [5.74, 6) is 1.24. The van der Waals surface area contributed by atoms with Crippen LogP contribution >= 0.6 is 0 Å². The number of aryl methyl sites for hydroxylation is 1. The zero-order chi connectivity index (χ0) is 21.3. The molecule has 0 aliphatic heterocycles. The Bertz CT molecular complexity index is 889. The maximum absolute atomic E-state index is 11.4. The number of rotatable bonds is 8. The zero-order valence-corrected chi connectivity index (χ0v) is 17.9. The van der Waals surface area contributed by atoms with Crippen LogP contribution < -0.4 is 21.1 Å². The SMILES string of the molecule is CCNC(=NCc1cccc(C(N)=O)c1)NCc1ccc(C)cc1OC1CCCC1. The van der Waals surface area contributed by atoms with Crippen molar-refractivity contribution in [2.75, 3.05) is 6.54 Å². The number of hydrogen-bond acceptors (Lipinski definition) is 3. The third-order valence-electron chi connectivity index (χ3n) is 5.24. The number of primary amides is 1. The number of nitrogens with two attached hydrogens (primary N) is 1. The molecule has 160 valence electrons. The number of nitrogens with one attached hydrogen (secondary N) is 2. The van der Waals surface area contributed by atoms with Gasteiger partial charge < -0.3 is 21.1 Å². The molecule has 1 amide bonds. The first-order valence-corrected chi connectivity index (χ1v) is 10.7. The van der Waals surface area contributed by atoms with E-state index < -0.39 is 5.91 Å². The Morgan fingerprint density at radius 2 is 1.97 bits per heavy atom. The summed E-state index contributed by atoms with van der Waals surface area (Å²) in [6.07, 6.45) is 5.09. The maximum atomic E-state index is 11.4. The molecule has 2 aromatic rings. The van der Waals surface area contributed by atoms with Gasteiger partial charge in [-0.1, -0.05) is 24.3 Å². The van der Waals surface area contributed by atoms with E-state index >= 15 is 0 Å². The van der Waals surface area contributed by atoms with Crippen LogP contribution in [-0.2, 0) is 13.1 Å². The van der Waals surface area contributed by atoms with E-state index in [1.54, 1.807) is 12.1 Å². The number of guanidine groups is 1. The van der Waals surface area contributed by atoms with Crippen molar-refractivity contribution in [3.05, 3.63) is 64.7 Å². The Morgan fingerprint density at radius 1 is 1.17 bits per heavy atom. The predicted octanol–water partition coefficient (Wildman–Crippen LogP) is 3.67. The number of nitrogens with zero attached hydrogens (tertiary/aromatic N) is 1. The average Bonchev–Trinajstić information content (AvgIpc) is 3.24. The molecule has 0 saturated heterocycles. The number of carbonyl (C=O) groups is 1. The molecule has 0 unspecified atom stereocenters. The van der Waals surface area contributed by atoms with Gasteiger partial charge in [-0.25, -0.2) is 4.99 Å². The van der Waals surface area contributed by atoms with Crippen LogP contribution in [0.4, 0.5) is 0 Å². The highest BCUT2D eigenvalue weighted by atomic mass is 16.5. The van der Waals surface area contributed by atoms with Gasteiger partial charge in [0.2, 0.25) is 5.91 Å². The second kappa shape index (κ2) is 10.7. The normalized spacial score (nSPS) is 14.5. The molecule has 1 aliphatic carbocycles. The van der Waals surface area contributed by atoms with Gasteiger partial charge in [-0.05, 0) is 68.9 Å². The fraction of sp³-hybridized carbons (Fsp3) is 0.417. The molecule has 30 heavy (non-hydrogen) atoms. The van der Waals surface area contributed by atoms with Crippen molar-refractivity contribution in [1.29, 1.82) is 0 Å². The van der Waals surface area contributed by atoms with Crippen LogP contribution in [0, 0.1) is 6.92 Å². The van der Waals surface area contributed by atoms with Crippen LogP contribution in [0.3, 0.4) is 0 Å². The second-order valence-corrected chi connectivity index (χ2v) is 7.75. The maximum Gasteiger partial charge on any atom is 0.248 e. The number of benzene rings is 2. The molecule has 1 fully saturated rings. The molecule has 0 heterocycles. The van der Waals surface area contributed by atoms with Crippen LogP contribution in [0.2, 0.25) is 0 Å². The molecule has 1 saturated carbocycles. The molecule has 0 spiro atoms. The third kappa shape index (κ3) is 6.24. The average molecular weight is 409 g/mol. The number of aliphatic imine (C=N–C) groups is 1. The van der Waals surface area contributed by atoms with Gasteiger partial charge in [-0.15, -0.1) is 0 Å². The zero-order valence-electron chi connectivity index (χ0n) is 17.9. The Morgan fingerprint density at radius 3 is 2.70 bits per heavy atom. The highest BCUT2D eigenvalue weighted by molar-refractivity contribution is 5.92. The van der Waals surface area contributed by atoms with E-state index in [-0.39, 0.29) is 0 Å². The minimum absolute atomic E-state index is 0.324. The van der Waals surface area contributed by atoms with Gasteiger partial charge in [0.1, 0.15) is 5.75 Å². The van der Waals surface area contributed by atoms with Crippen LogP contribution in [0.15, 0.2) is 47.5 Å². The predicted molar refractivity (Wildman–Crippen MR) is 121 cm³/mol. The summed E-state index contributed by atoms with van der Waals surface area (Å²) in [6.45, 7) is 5.95. The second-order valence-electron chi connectivity index (χ2n) is 7.75. The van der Waals surface area contributed by atoms with E-state index in [9.17, 15) is 4.79 Å². The Balaban J connectivity index is 1.67. The monoisotopic (exact) mass is 408 g/mol. The number of amides is 1. The summed E-state index contributed by atoms with van der Waals surface area (Å²) in [5.41, 5.74) is 9.11. The van der Waals surface area contributed by atoms with Gasteiger partial charge in [0.15, 0.2) is 5.96 Å². The van der Waals surface area contributed by atoms with Gasteiger partial charge in [0.05, 0.1) is 12.6 Å². The van der Waals surface area contributed by atoms with Gasteiger partial charge >= 0.3 is 0 Å². The van der Waals surface area contributed by atoms with Crippen molar-refractivity contribution in [2.24, 2.45) is 10.7 Å². The summed E-state index contributed by atoms with van der Waals surface area (Å²) in [6, 6.07) is 13.6. The van der Waals surface area contributed by atoms with Crippen molar-refractivity contribution >= 4 is 11.9 Å². The van der Waals surface area contributed by atoms with Crippen LogP contribution in [0.5, 0.6) is 5.75 Å². The number of ether oxygens (including phenoxy) is 1. The highest BCUT2D eigenvalue weighted by Gasteiger charge is 2.18. The summed E-state index contributed by atoms with van der Waals surface area (Å²) < 4.78 is 6.30. The summed E-state index contributed by atoms with van der Waals surface area (Å²) in [7, 11) is 0. The smallest absolute Gasteiger partial charge is 0.248 e. The quantitative estimate of drug-likeness (QED) is 0.459. The van der Waals surface area contributed by atoms with Crippen molar-refractivity contribution in [3.8, 4) is 5.75 Å². The minimum atomic E-state index is -0.431. The molecule has 2 aromatic carbocycles. The van der Waals surface area contributed by atoms with Crippen molar-refractivity contribution in [1.82, 2.24) is 10.6 Å². The molecule has 6 heteroatoms. The lowest BCUT2D eigenvalue weighted by Crippen LogP contribution is -2.37. The Kier molecular flexibility index (Phi) is 7.71. The first-order chi connectivity index (χ1) is 14.5. The molecule has 0 bridgehead atoms. The molecule has 4 N–H and O–H groups in total. The first kappa shape index (κ1) is 21.7. The third-order valence-corrected chi connectivity index (χ3v) is 5.24. The highest BCUT2D eigenvalue weighted by Crippen LogP contribution is 2.27. The lowest BCUT2D eigenvalue weighted by Gasteiger charge is -2.18. The minimum Gasteiger partial charge on any atom is -0.490 e. The molecule has 3 rings (SSSR count). The van der Waals surface area contributed by atoms with E-state index in [0.717, 1.165) is 42.2 Å². The molecular formula is C24H32N4O2. The Labute approximate surface area is 178 Å². The van der Waals surface area contributed by atoms with Crippen molar-refractivity contribution in [3.63, 3.8) is 0 Å². The fourth-order valence-corrected chi connectivity index (χ4v) is 3.62. The molecule has 0 aromatic heterocycles. The van der Waals surface area contributed by atoms with E-state index in [2.05, 4.69) is 40.7 Å². The first-order valence-electron chi connectivity index (χ1n) is 10.7. The van der Waals surface area contributed by atoms with Crippen molar-refractivity contribution < 1.29 is 9.53 Å². The van der Waals surface area contributed by atoms with Crippen molar-refractivity contribution in [2.45, 2.75) is 58.7 Å². The number of hydrogen-bond donors (Lipinski definition) is 3. The van der Waals surface area contributed by atoms with Gasteiger partial charge in [-0.3, -0.25) is 4.79 Å². The van der Waals surface area contributed by atoms with Gasteiger partial charge in [0, 0.05) is 24.2 Å². The molecule has 0 atom stereocenters. The van der Waals surface area contributed by atoms with Crippen LogP contribution in [0.25, 0.3) is 0 Å². The standard InChI is InChI=1S/C24H32N4O2/c1-3-26-24(27-15-18-7-6-8-19(14-18)23(25)29)28-16-20-12-11-17(2)13-22(20)30-21-9-4-5-10-21/h6-8,11-14,21H,3-5,9-10,15-16H2,1-2H3,(H2,25,29)(H2,26,27,28). The van der Waals surface area contributed by atoms with Gasteiger partial charge in [-0.2, -0.15) is 0 Å². The van der Waals surface area contributed by atoms with E-state index in [0.29, 0.717) is 24.8 Å². The summed E-state index contributed by atoms with van der Waals surface area (Å²) in [4.78, 5) is 16.0.